The van der Waals surface area contributed by atoms with Crippen LogP contribution in [0.15, 0.2) is 0 Å². The van der Waals surface area contributed by atoms with E-state index >= 15 is 0 Å². The van der Waals surface area contributed by atoms with Crippen LogP contribution in [0.2, 0.25) is 18.1 Å². The number of carbonyl (C=O) groups excluding carboxylic acids is 1. The molecule has 4 nitrogen and oxygen atoms in total. The summed E-state index contributed by atoms with van der Waals surface area (Å²) in [5.74, 6) is -0.621. The maximum Gasteiger partial charge on any atom is 0.325 e. The van der Waals surface area contributed by atoms with Crippen LogP contribution in [-0.2, 0) is 14.0 Å². The molecule has 3 atom stereocenters. The van der Waals surface area contributed by atoms with Crippen molar-refractivity contribution in [1.82, 2.24) is 0 Å². The van der Waals surface area contributed by atoms with E-state index in [4.69, 9.17) is 9.16 Å². The summed E-state index contributed by atoms with van der Waals surface area (Å²) in [5, 5.41) is 10.6. The molecule has 0 aliphatic rings. The van der Waals surface area contributed by atoms with E-state index in [-0.39, 0.29) is 11.0 Å². The van der Waals surface area contributed by atoms with Crippen molar-refractivity contribution in [2.75, 3.05) is 13.2 Å². The van der Waals surface area contributed by atoms with Crippen molar-refractivity contribution in [1.29, 1.82) is 0 Å². The molecule has 0 heterocycles. The molecule has 6 heteroatoms. The molecule has 0 fully saturated rings. The van der Waals surface area contributed by atoms with E-state index < -0.39 is 24.7 Å². The van der Waals surface area contributed by atoms with Gasteiger partial charge in [0.15, 0.2) is 8.32 Å². The Kier molecular flexibility index (Phi) is 7.60. The van der Waals surface area contributed by atoms with Crippen molar-refractivity contribution in [3.63, 3.8) is 0 Å². The normalized spacial score (nSPS) is 18.8. The fraction of sp³-hybridized carbons (Fsp3) is 0.933. The first kappa shape index (κ1) is 21.1. The summed E-state index contributed by atoms with van der Waals surface area (Å²) in [7, 11) is -1.86. The Labute approximate surface area is 138 Å². The molecule has 0 aromatic rings. The Morgan fingerprint density at radius 1 is 1.29 bits per heavy atom. The SMILES string of the molecule is CCOC(=O)[C@](C)(Br)[C@@H](O)[C@H](C)CO[Si](C)(C)C(C)(C)C. The van der Waals surface area contributed by atoms with Crippen LogP contribution in [0.3, 0.4) is 0 Å². The first-order valence-corrected chi connectivity index (χ1v) is 11.2. The zero-order valence-electron chi connectivity index (χ0n) is 14.6. The van der Waals surface area contributed by atoms with Gasteiger partial charge in [0, 0.05) is 12.5 Å². The number of aliphatic hydroxyl groups excluding tert-OH is 1. The van der Waals surface area contributed by atoms with Crippen LogP contribution in [0.25, 0.3) is 0 Å². The molecule has 1 N–H and O–H groups in total. The van der Waals surface area contributed by atoms with Gasteiger partial charge in [-0.1, -0.05) is 43.6 Å². The molecule has 0 bridgehead atoms. The lowest BCUT2D eigenvalue weighted by Crippen LogP contribution is -2.49. The number of carbonyl (C=O) groups is 1. The monoisotopic (exact) mass is 382 g/mol. The highest BCUT2D eigenvalue weighted by Crippen LogP contribution is 2.37. The quantitative estimate of drug-likeness (QED) is 0.414. The lowest BCUT2D eigenvalue weighted by atomic mass is 9.94. The third-order valence-corrected chi connectivity index (χ3v) is 9.58. The zero-order chi connectivity index (χ0) is 17.1. The van der Waals surface area contributed by atoms with E-state index in [0.717, 1.165) is 0 Å². The molecule has 0 aromatic carbocycles. The molecule has 0 radical (unpaired) electrons. The van der Waals surface area contributed by atoms with Gasteiger partial charge in [0.1, 0.15) is 4.32 Å². The van der Waals surface area contributed by atoms with Crippen LogP contribution in [-0.4, -0.2) is 43.0 Å². The maximum atomic E-state index is 11.9. The van der Waals surface area contributed by atoms with Crippen molar-refractivity contribution in [2.24, 2.45) is 5.92 Å². The van der Waals surface area contributed by atoms with Crippen LogP contribution < -0.4 is 0 Å². The molecule has 0 rings (SSSR count). The molecule has 0 amide bonds. The van der Waals surface area contributed by atoms with E-state index in [1.165, 1.54) is 0 Å². The smallest absolute Gasteiger partial charge is 0.325 e. The molecular formula is C15H31BrO4Si. The predicted octanol–water partition coefficient (Wildman–Crippen LogP) is 3.72. The molecule has 0 unspecified atom stereocenters. The molecule has 21 heavy (non-hydrogen) atoms. The summed E-state index contributed by atoms with van der Waals surface area (Å²) in [6, 6.07) is 0. The number of aliphatic hydroxyl groups is 1. The number of alkyl halides is 1. The highest BCUT2D eigenvalue weighted by Gasteiger charge is 2.43. The molecule has 0 aromatic heterocycles. The largest absolute Gasteiger partial charge is 0.465 e. The van der Waals surface area contributed by atoms with Crippen LogP contribution in [0.1, 0.15) is 41.5 Å². The lowest BCUT2D eigenvalue weighted by Gasteiger charge is -2.38. The Hall–Kier alpha value is 0.0869. The van der Waals surface area contributed by atoms with E-state index in [1.54, 1.807) is 13.8 Å². The summed E-state index contributed by atoms with van der Waals surface area (Å²) in [6.07, 6.45) is -0.874. The Morgan fingerprint density at radius 3 is 2.14 bits per heavy atom. The van der Waals surface area contributed by atoms with Gasteiger partial charge in [0.05, 0.1) is 12.7 Å². The van der Waals surface area contributed by atoms with Gasteiger partial charge in [-0.25, -0.2) is 0 Å². The van der Waals surface area contributed by atoms with Gasteiger partial charge in [0.25, 0.3) is 0 Å². The predicted molar refractivity (Wildman–Crippen MR) is 92.3 cm³/mol. The van der Waals surface area contributed by atoms with Crippen LogP contribution in [0, 0.1) is 5.92 Å². The molecule has 0 saturated heterocycles. The molecule has 0 spiro atoms. The highest BCUT2D eigenvalue weighted by atomic mass is 79.9. The standard InChI is InChI=1S/C15H31BrO4Si/c1-9-19-13(18)15(6,16)12(17)11(2)10-20-21(7,8)14(3,4)5/h11-12,17H,9-10H2,1-8H3/t11-,12+,15-/m1/s1. The molecule has 0 saturated carbocycles. The number of hydrogen-bond donors (Lipinski definition) is 1. The van der Waals surface area contributed by atoms with E-state index in [9.17, 15) is 9.90 Å². The molecule has 126 valence electrons. The first-order valence-electron chi connectivity index (χ1n) is 7.45. The average Bonchev–Trinajstić information content (AvgIpc) is 2.33. The van der Waals surface area contributed by atoms with Crippen molar-refractivity contribution in [3.8, 4) is 0 Å². The third-order valence-electron chi connectivity index (χ3n) is 4.28. The van der Waals surface area contributed by atoms with Gasteiger partial charge in [0.2, 0.25) is 0 Å². The Morgan fingerprint density at radius 2 is 1.76 bits per heavy atom. The van der Waals surface area contributed by atoms with Gasteiger partial charge < -0.3 is 14.3 Å². The van der Waals surface area contributed by atoms with Gasteiger partial charge in [-0.15, -0.1) is 0 Å². The molecule has 0 aliphatic carbocycles. The Bertz CT molecular complexity index is 350. The number of rotatable bonds is 7. The minimum atomic E-state index is -1.86. The van der Waals surface area contributed by atoms with Crippen molar-refractivity contribution in [3.05, 3.63) is 0 Å². The maximum absolute atomic E-state index is 11.9. The van der Waals surface area contributed by atoms with Crippen molar-refractivity contribution in [2.45, 2.75) is 70.1 Å². The first-order chi connectivity index (χ1) is 9.27. The summed E-state index contributed by atoms with van der Waals surface area (Å²) in [6.45, 7) is 16.9. The van der Waals surface area contributed by atoms with Crippen molar-refractivity contribution >= 4 is 30.2 Å². The number of ether oxygens (including phenoxy) is 1. The number of esters is 1. The Balaban J connectivity index is 4.73. The van der Waals surface area contributed by atoms with Crippen molar-refractivity contribution < 1.29 is 19.1 Å². The minimum absolute atomic E-state index is 0.122. The zero-order valence-corrected chi connectivity index (χ0v) is 17.2. The third kappa shape index (κ3) is 5.66. The van der Waals surface area contributed by atoms with Crippen LogP contribution in [0.5, 0.6) is 0 Å². The van der Waals surface area contributed by atoms with Gasteiger partial charge in [-0.05, 0) is 32.0 Å². The van der Waals surface area contributed by atoms with E-state index in [1.807, 2.05) is 6.92 Å². The van der Waals surface area contributed by atoms with Gasteiger partial charge >= 0.3 is 5.97 Å². The van der Waals surface area contributed by atoms with Gasteiger partial charge in [-0.3, -0.25) is 4.79 Å². The fourth-order valence-corrected chi connectivity index (χ4v) is 3.25. The topological polar surface area (TPSA) is 55.8 Å². The summed E-state index contributed by atoms with van der Waals surface area (Å²) >= 11 is 3.31. The fourth-order valence-electron chi connectivity index (χ4n) is 1.57. The van der Waals surface area contributed by atoms with E-state index in [2.05, 4.69) is 49.8 Å². The second-order valence-corrected chi connectivity index (χ2v) is 13.7. The second kappa shape index (κ2) is 7.57. The van der Waals surface area contributed by atoms with E-state index in [0.29, 0.717) is 13.2 Å². The van der Waals surface area contributed by atoms with Crippen LogP contribution >= 0.6 is 15.9 Å². The lowest BCUT2D eigenvalue weighted by molar-refractivity contribution is -0.149. The van der Waals surface area contributed by atoms with Crippen LogP contribution in [0.4, 0.5) is 0 Å². The number of halogens is 1. The molecule has 0 aliphatic heterocycles. The number of hydrogen-bond acceptors (Lipinski definition) is 4. The average molecular weight is 383 g/mol. The summed E-state index contributed by atoms with van der Waals surface area (Å²) in [4.78, 5) is 11.9. The summed E-state index contributed by atoms with van der Waals surface area (Å²) in [5.41, 5.74) is 0. The van der Waals surface area contributed by atoms with Gasteiger partial charge in [-0.2, -0.15) is 0 Å². The highest BCUT2D eigenvalue weighted by molar-refractivity contribution is 9.10. The second-order valence-electron chi connectivity index (χ2n) is 7.29. The summed E-state index contributed by atoms with van der Waals surface area (Å²) < 4.78 is 10.0. The molecular weight excluding hydrogens is 352 g/mol. The minimum Gasteiger partial charge on any atom is -0.465 e.